The van der Waals surface area contributed by atoms with Crippen molar-refractivity contribution in [3.05, 3.63) is 60.2 Å². The van der Waals surface area contributed by atoms with Crippen molar-refractivity contribution in [2.75, 3.05) is 19.6 Å². The zero-order valence-corrected chi connectivity index (χ0v) is 16.6. The zero-order valence-electron chi connectivity index (χ0n) is 16.6. The third-order valence-electron chi connectivity index (χ3n) is 5.85. The summed E-state index contributed by atoms with van der Waals surface area (Å²) in [4.78, 5) is 15.4. The maximum Gasteiger partial charge on any atom is 0.257 e. The Balaban J connectivity index is 1.42. The molecule has 0 saturated carbocycles. The highest BCUT2D eigenvalue weighted by atomic mass is 16.3. The minimum absolute atomic E-state index is 0.00612. The first-order valence-corrected chi connectivity index (χ1v) is 10.3. The lowest BCUT2D eigenvalue weighted by atomic mass is 10.0. The van der Waals surface area contributed by atoms with Crippen molar-refractivity contribution in [1.29, 1.82) is 0 Å². The van der Waals surface area contributed by atoms with Gasteiger partial charge in [0.2, 0.25) is 0 Å². The summed E-state index contributed by atoms with van der Waals surface area (Å²) in [6.07, 6.45) is 4.60. The minimum Gasteiger partial charge on any atom is -0.467 e. The molecule has 2 atom stereocenters. The number of carbonyl (C=O) groups is 1. The molecule has 0 spiro atoms. The molecule has 2 aromatic heterocycles. The second-order valence-electron chi connectivity index (χ2n) is 8.15. The van der Waals surface area contributed by atoms with Gasteiger partial charge < -0.3 is 8.83 Å². The van der Waals surface area contributed by atoms with E-state index < -0.39 is 0 Å². The van der Waals surface area contributed by atoms with Crippen LogP contribution in [0.15, 0.2) is 62.7 Å². The molecular formula is C23H25N3O3. The van der Waals surface area contributed by atoms with E-state index in [1.807, 2.05) is 42.5 Å². The Morgan fingerprint density at radius 3 is 2.93 bits per heavy atom. The maximum atomic E-state index is 13.2. The first-order chi connectivity index (χ1) is 14.2. The predicted octanol–water partition coefficient (Wildman–Crippen LogP) is 4.44. The summed E-state index contributed by atoms with van der Waals surface area (Å²) in [6.45, 7) is 4.56. The van der Waals surface area contributed by atoms with Gasteiger partial charge >= 0.3 is 0 Å². The van der Waals surface area contributed by atoms with E-state index in [0.29, 0.717) is 24.6 Å². The molecule has 2 aliphatic rings. The summed E-state index contributed by atoms with van der Waals surface area (Å²) in [5.74, 6) is 2.10. The second-order valence-corrected chi connectivity index (χ2v) is 8.15. The largest absolute Gasteiger partial charge is 0.467 e. The highest BCUT2D eigenvalue weighted by molar-refractivity contribution is 6.03. The van der Waals surface area contributed by atoms with Crippen LogP contribution < -0.4 is 0 Å². The Kier molecular flexibility index (Phi) is 4.72. The van der Waals surface area contributed by atoms with Crippen LogP contribution in [-0.4, -0.2) is 41.2 Å². The van der Waals surface area contributed by atoms with Crippen LogP contribution in [0.1, 0.15) is 43.7 Å². The van der Waals surface area contributed by atoms with Crippen LogP contribution >= 0.6 is 0 Å². The molecule has 29 heavy (non-hydrogen) atoms. The number of benzene rings is 1. The van der Waals surface area contributed by atoms with E-state index in [0.717, 1.165) is 42.0 Å². The number of hydrogen-bond acceptors (Lipinski definition) is 5. The number of nitrogens with zero attached hydrogens (tertiary/aromatic N) is 3. The molecule has 1 amide bonds. The molecule has 0 bridgehead atoms. The lowest BCUT2D eigenvalue weighted by molar-refractivity contribution is -0.135. The van der Waals surface area contributed by atoms with Gasteiger partial charge in [-0.15, -0.1) is 0 Å². The summed E-state index contributed by atoms with van der Waals surface area (Å²) in [7, 11) is 0. The molecule has 6 heteroatoms. The normalized spacial score (nSPS) is 22.9. The number of likely N-dealkylation sites (tertiary alicyclic amines) is 1. The van der Waals surface area contributed by atoms with Crippen LogP contribution in [0.2, 0.25) is 0 Å². The first kappa shape index (κ1) is 18.2. The molecule has 2 unspecified atom stereocenters. The SMILES string of the molecule is CC1CCCN(CC(=O)N2N=C(c3cc4ccccc4o3)CC2c2ccco2)C1. The number of fused-ring (bicyclic) bond motifs is 1. The van der Waals surface area contributed by atoms with Crippen molar-refractivity contribution in [3.8, 4) is 0 Å². The third kappa shape index (κ3) is 3.60. The highest BCUT2D eigenvalue weighted by Gasteiger charge is 2.36. The fraction of sp³-hybridized carbons (Fsp3) is 0.391. The summed E-state index contributed by atoms with van der Waals surface area (Å²) in [5, 5.41) is 7.33. The standard InChI is InChI=1S/C23H25N3O3/c1-16-6-4-10-25(14-16)15-23(27)26-19(21-9-5-11-28-21)13-18(24-26)22-12-17-7-2-3-8-20(17)29-22/h2-3,5,7-9,11-12,16,19H,4,6,10,13-15H2,1H3. The lowest BCUT2D eigenvalue weighted by Gasteiger charge is -2.31. The van der Waals surface area contributed by atoms with Gasteiger partial charge in [0.05, 0.1) is 12.8 Å². The van der Waals surface area contributed by atoms with Crippen LogP contribution in [0.5, 0.6) is 0 Å². The summed E-state index contributed by atoms with van der Waals surface area (Å²) in [6, 6.07) is 13.4. The Hall–Kier alpha value is -2.86. The Bertz CT molecular complexity index is 1000. The molecule has 1 saturated heterocycles. The van der Waals surface area contributed by atoms with E-state index >= 15 is 0 Å². The van der Waals surface area contributed by atoms with Crippen LogP contribution in [-0.2, 0) is 4.79 Å². The van der Waals surface area contributed by atoms with E-state index in [9.17, 15) is 4.79 Å². The lowest BCUT2D eigenvalue weighted by Crippen LogP contribution is -2.42. The van der Waals surface area contributed by atoms with Gasteiger partial charge in [0.1, 0.15) is 23.1 Å². The average molecular weight is 391 g/mol. The molecule has 5 rings (SSSR count). The monoisotopic (exact) mass is 391 g/mol. The Labute approximate surface area is 169 Å². The number of para-hydroxylation sites is 1. The predicted molar refractivity (Wildman–Crippen MR) is 111 cm³/mol. The Morgan fingerprint density at radius 2 is 2.14 bits per heavy atom. The molecule has 0 N–H and O–H groups in total. The Morgan fingerprint density at radius 1 is 1.24 bits per heavy atom. The molecule has 4 heterocycles. The van der Waals surface area contributed by atoms with Crippen molar-refractivity contribution in [1.82, 2.24) is 9.91 Å². The van der Waals surface area contributed by atoms with Gasteiger partial charge in [0.25, 0.3) is 5.91 Å². The van der Waals surface area contributed by atoms with Gasteiger partial charge in [-0.1, -0.05) is 25.1 Å². The topological polar surface area (TPSA) is 62.2 Å². The summed E-state index contributed by atoms with van der Waals surface area (Å²) < 4.78 is 11.6. The molecule has 6 nitrogen and oxygen atoms in total. The average Bonchev–Trinajstić information content (AvgIpc) is 3.45. The van der Waals surface area contributed by atoms with Crippen molar-refractivity contribution >= 4 is 22.6 Å². The number of rotatable bonds is 4. The summed E-state index contributed by atoms with van der Waals surface area (Å²) in [5.41, 5.74) is 1.61. The fourth-order valence-electron chi connectivity index (χ4n) is 4.41. The molecule has 2 aliphatic heterocycles. The number of hydrazone groups is 1. The van der Waals surface area contributed by atoms with Crippen molar-refractivity contribution < 1.29 is 13.6 Å². The van der Waals surface area contributed by atoms with Gasteiger partial charge in [-0.25, -0.2) is 5.01 Å². The second kappa shape index (κ2) is 7.52. The van der Waals surface area contributed by atoms with E-state index in [2.05, 4.69) is 11.8 Å². The van der Waals surface area contributed by atoms with Crippen molar-refractivity contribution in [2.24, 2.45) is 11.0 Å². The van der Waals surface area contributed by atoms with Gasteiger partial charge in [-0.3, -0.25) is 9.69 Å². The van der Waals surface area contributed by atoms with E-state index in [1.54, 1.807) is 11.3 Å². The molecule has 0 aliphatic carbocycles. The molecule has 150 valence electrons. The smallest absolute Gasteiger partial charge is 0.257 e. The van der Waals surface area contributed by atoms with Crippen molar-refractivity contribution in [2.45, 2.75) is 32.2 Å². The quantitative estimate of drug-likeness (QED) is 0.660. The van der Waals surface area contributed by atoms with E-state index in [4.69, 9.17) is 13.9 Å². The number of hydrogen-bond donors (Lipinski definition) is 0. The van der Waals surface area contributed by atoms with E-state index in [-0.39, 0.29) is 11.9 Å². The molecular weight excluding hydrogens is 366 g/mol. The van der Waals surface area contributed by atoms with Gasteiger partial charge in [0, 0.05) is 18.4 Å². The van der Waals surface area contributed by atoms with Crippen LogP contribution in [0, 0.1) is 5.92 Å². The first-order valence-electron chi connectivity index (χ1n) is 10.3. The maximum absolute atomic E-state index is 13.2. The number of furan rings is 2. The van der Waals surface area contributed by atoms with E-state index in [1.165, 1.54) is 6.42 Å². The van der Waals surface area contributed by atoms with Crippen LogP contribution in [0.3, 0.4) is 0 Å². The number of piperidine rings is 1. The van der Waals surface area contributed by atoms with Gasteiger partial charge in [0.15, 0.2) is 5.76 Å². The third-order valence-corrected chi connectivity index (χ3v) is 5.85. The highest BCUT2D eigenvalue weighted by Crippen LogP contribution is 2.34. The van der Waals surface area contributed by atoms with Crippen molar-refractivity contribution in [3.63, 3.8) is 0 Å². The molecule has 1 aromatic carbocycles. The van der Waals surface area contributed by atoms with Crippen LogP contribution in [0.25, 0.3) is 11.0 Å². The fourth-order valence-corrected chi connectivity index (χ4v) is 4.41. The molecule has 1 fully saturated rings. The molecule has 0 radical (unpaired) electrons. The molecule has 3 aromatic rings. The van der Waals surface area contributed by atoms with Crippen LogP contribution in [0.4, 0.5) is 0 Å². The number of amides is 1. The van der Waals surface area contributed by atoms with Gasteiger partial charge in [-0.05, 0) is 49.6 Å². The zero-order chi connectivity index (χ0) is 19.8. The number of carbonyl (C=O) groups excluding carboxylic acids is 1. The van der Waals surface area contributed by atoms with Gasteiger partial charge in [-0.2, -0.15) is 5.10 Å². The minimum atomic E-state index is -0.233. The summed E-state index contributed by atoms with van der Waals surface area (Å²) >= 11 is 0.